The van der Waals surface area contributed by atoms with Crippen LogP contribution >= 0.6 is 11.6 Å². The maximum Gasteiger partial charge on any atom is 0.225 e. The van der Waals surface area contributed by atoms with Crippen LogP contribution in [-0.2, 0) is 17.8 Å². The second-order valence-corrected chi connectivity index (χ2v) is 7.75. The first-order chi connectivity index (χ1) is 14.1. The van der Waals surface area contributed by atoms with Gasteiger partial charge in [-0.3, -0.25) is 9.69 Å². The zero-order valence-electron chi connectivity index (χ0n) is 16.9. The maximum absolute atomic E-state index is 12.4. The second kappa shape index (κ2) is 10.6. The number of ether oxygens (including phenoxy) is 1. The van der Waals surface area contributed by atoms with Crippen molar-refractivity contribution < 1.29 is 14.6 Å². The smallest absolute Gasteiger partial charge is 0.225 e. The van der Waals surface area contributed by atoms with E-state index in [0.717, 1.165) is 37.4 Å². The van der Waals surface area contributed by atoms with Gasteiger partial charge in [-0.2, -0.15) is 0 Å². The molecule has 0 bridgehead atoms. The van der Waals surface area contributed by atoms with Crippen molar-refractivity contribution in [2.75, 3.05) is 25.0 Å². The van der Waals surface area contributed by atoms with Gasteiger partial charge in [0.15, 0.2) is 0 Å². The Morgan fingerprint density at radius 3 is 2.86 bits per heavy atom. The van der Waals surface area contributed by atoms with Crippen LogP contribution in [0.25, 0.3) is 0 Å². The van der Waals surface area contributed by atoms with Crippen LogP contribution in [0.4, 0.5) is 5.69 Å². The summed E-state index contributed by atoms with van der Waals surface area (Å²) in [6.07, 6.45) is 3.63. The Balaban J connectivity index is 1.52. The number of hydrogen-bond acceptors (Lipinski definition) is 4. The number of nitrogens with one attached hydrogen (secondary N) is 1. The number of hydrogen-bond donors (Lipinski definition) is 2. The van der Waals surface area contributed by atoms with E-state index >= 15 is 0 Å². The number of halogens is 1. The molecule has 3 rings (SSSR count). The van der Waals surface area contributed by atoms with Gasteiger partial charge in [0, 0.05) is 35.3 Å². The monoisotopic (exact) mass is 416 g/mol. The number of rotatable bonds is 9. The number of likely N-dealkylation sites (tertiary alicyclic amines) is 1. The molecule has 0 spiro atoms. The van der Waals surface area contributed by atoms with Gasteiger partial charge in [0.05, 0.1) is 13.2 Å². The number of anilines is 1. The van der Waals surface area contributed by atoms with Crippen LogP contribution in [0.1, 0.15) is 37.3 Å². The summed E-state index contributed by atoms with van der Waals surface area (Å²) in [6.45, 7) is 4.04. The number of amides is 1. The number of carbonyl (C=O) groups is 1. The molecule has 1 aliphatic rings. The van der Waals surface area contributed by atoms with Crippen LogP contribution in [0, 0.1) is 0 Å². The van der Waals surface area contributed by atoms with E-state index in [2.05, 4.69) is 16.3 Å². The first-order valence-electron chi connectivity index (χ1n) is 10.2. The predicted molar refractivity (Wildman–Crippen MR) is 117 cm³/mol. The molecular weight excluding hydrogens is 388 g/mol. The number of carbonyl (C=O) groups excluding carboxylic acids is 1. The van der Waals surface area contributed by atoms with Crippen LogP contribution in [0.3, 0.4) is 0 Å². The molecule has 0 aliphatic carbocycles. The van der Waals surface area contributed by atoms with Crippen LogP contribution in [0.2, 0.25) is 5.02 Å². The number of benzene rings is 2. The average molecular weight is 417 g/mol. The van der Waals surface area contributed by atoms with Gasteiger partial charge in [-0.15, -0.1) is 0 Å². The Morgan fingerprint density at radius 2 is 2.10 bits per heavy atom. The topological polar surface area (TPSA) is 61.8 Å². The number of nitrogens with zero attached hydrogens (tertiary/aromatic N) is 1. The molecule has 29 heavy (non-hydrogen) atoms. The van der Waals surface area contributed by atoms with Crippen LogP contribution < -0.4 is 10.1 Å². The Morgan fingerprint density at radius 1 is 1.28 bits per heavy atom. The van der Waals surface area contributed by atoms with Crippen molar-refractivity contribution in [2.24, 2.45) is 0 Å². The van der Waals surface area contributed by atoms with Crippen LogP contribution in [0.15, 0.2) is 42.5 Å². The summed E-state index contributed by atoms with van der Waals surface area (Å²) in [7, 11) is 0. The molecule has 1 saturated heterocycles. The fourth-order valence-electron chi connectivity index (χ4n) is 3.88. The molecule has 2 aromatic carbocycles. The predicted octanol–water partition coefficient (Wildman–Crippen LogP) is 4.27. The summed E-state index contributed by atoms with van der Waals surface area (Å²) in [6, 6.07) is 13.8. The van der Waals surface area contributed by atoms with Gasteiger partial charge in [-0.25, -0.2) is 0 Å². The first kappa shape index (κ1) is 21.6. The van der Waals surface area contributed by atoms with Crippen molar-refractivity contribution in [3.8, 4) is 5.75 Å². The van der Waals surface area contributed by atoms with Crippen LogP contribution in [0.5, 0.6) is 5.75 Å². The van der Waals surface area contributed by atoms with E-state index in [1.54, 1.807) is 18.2 Å². The third-order valence-corrected chi connectivity index (χ3v) is 5.72. The summed E-state index contributed by atoms with van der Waals surface area (Å²) < 4.78 is 5.48. The number of aliphatic hydroxyl groups excluding tert-OH is 1. The van der Waals surface area contributed by atoms with E-state index in [9.17, 15) is 9.90 Å². The van der Waals surface area contributed by atoms with Gasteiger partial charge >= 0.3 is 0 Å². The van der Waals surface area contributed by atoms with Crippen molar-refractivity contribution >= 4 is 23.2 Å². The van der Waals surface area contributed by atoms with E-state index in [4.69, 9.17) is 16.3 Å². The van der Waals surface area contributed by atoms with Crippen molar-refractivity contribution in [1.29, 1.82) is 0 Å². The van der Waals surface area contributed by atoms with Crippen molar-refractivity contribution in [1.82, 2.24) is 4.90 Å². The molecule has 1 fully saturated rings. The second-order valence-electron chi connectivity index (χ2n) is 7.34. The fourth-order valence-corrected chi connectivity index (χ4v) is 4.10. The molecule has 5 nitrogen and oxygen atoms in total. The Kier molecular flexibility index (Phi) is 7.92. The molecule has 1 atom stereocenters. The lowest BCUT2D eigenvalue weighted by molar-refractivity contribution is -0.116. The molecule has 0 saturated carbocycles. The summed E-state index contributed by atoms with van der Waals surface area (Å²) in [5.41, 5.74) is 2.52. The summed E-state index contributed by atoms with van der Waals surface area (Å²) in [5, 5.41) is 13.3. The van der Waals surface area contributed by atoms with Gasteiger partial charge in [0.2, 0.25) is 5.91 Å². The molecule has 1 unspecified atom stereocenters. The highest BCUT2D eigenvalue weighted by Crippen LogP contribution is 2.26. The molecule has 6 heteroatoms. The van der Waals surface area contributed by atoms with Gasteiger partial charge in [0.25, 0.3) is 0 Å². The minimum absolute atomic E-state index is 0.0264. The van der Waals surface area contributed by atoms with Crippen molar-refractivity contribution in [3.05, 3.63) is 58.6 Å². The highest BCUT2D eigenvalue weighted by molar-refractivity contribution is 6.31. The molecule has 0 aromatic heterocycles. The third-order valence-electron chi connectivity index (χ3n) is 5.35. The molecule has 1 aliphatic heterocycles. The summed E-state index contributed by atoms with van der Waals surface area (Å²) in [4.78, 5) is 14.8. The lowest BCUT2D eigenvalue weighted by atomic mass is 10.0. The van der Waals surface area contributed by atoms with Gasteiger partial charge in [-0.05, 0) is 62.6 Å². The first-order valence-corrected chi connectivity index (χ1v) is 10.6. The van der Waals surface area contributed by atoms with Gasteiger partial charge in [-0.1, -0.05) is 29.8 Å². The highest BCUT2D eigenvalue weighted by Gasteiger charge is 2.25. The van der Waals surface area contributed by atoms with E-state index in [1.807, 2.05) is 25.1 Å². The summed E-state index contributed by atoms with van der Waals surface area (Å²) in [5.74, 6) is 0.619. The van der Waals surface area contributed by atoms with Crippen molar-refractivity contribution in [2.45, 2.75) is 45.3 Å². The number of aliphatic hydroxyl groups is 1. The van der Waals surface area contributed by atoms with Crippen molar-refractivity contribution in [3.63, 3.8) is 0 Å². The molecule has 2 aromatic rings. The Bertz CT molecular complexity index is 828. The maximum atomic E-state index is 12.4. The molecule has 2 N–H and O–H groups in total. The SMILES string of the molecule is CCOc1ccc(NC(=O)CCN2CCCC2Cc2ccccc2Cl)cc1CO. The summed E-state index contributed by atoms with van der Waals surface area (Å²) >= 11 is 6.31. The van der Waals surface area contributed by atoms with Gasteiger partial charge < -0.3 is 15.2 Å². The fraction of sp³-hybridized carbons (Fsp3) is 0.435. The van der Waals surface area contributed by atoms with E-state index in [0.29, 0.717) is 36.1 Å². The zero-order chi connectivity index (χ0) is 20.6. The quantitative estimate of drug-likeness (QED) is 0.641. The molecule has 1 amide bonds. The van der Waals surface area contributed by atoms with Gasteiger partial charge in [0.1, 0.15) is 5.75 Å². The molecular formula is C23H29ClN2O3. The Hall–Kier alpha value is -2.08. The minimum Gasteiger partial charge on any atom is -0.494 e. The molecule has 156 valence electrons. The third kappa shape index (κ3) is 5.95. The van der Waals surface area contributed by atoms with E-state index < -0.39 is 0 Å². The zero-order valence-corrected chi connectivity index (χ0v) is 17.6. The lowest BCUT2D eigenvalue weighted by Gasteiger charge is -2.24. The molecule has 0 radical (unpaired) electrons. The Labute approximate surface area is 177 Å². The van der Waals surface area contributed by atoms with E-state index in [1.165, 1.54) is 5.56 Å². The van der Waals surface area contributed by atoms with E-state index in [-0.39, 0.29) is 12.5 Å². The average Bonchev–Trinajstić information content (AvgIpc) is 3.16. The normalized spacial score (nSPS) is 16.7. The highest BCUT2D eigenvalue weighted by atomic mass is 35.5. The largest absolute Gasteiger partial charge is 0.494 e. The lowest BCUT2D eigenvalue weighted by Crippen LogP contribution is -2.33. The molecule has 1 heterocycles. The standard InChI is InChI=1S/C23H29ClN2O3/c1-2-29-22-10-9-19(14-18(22)16-27)25-23(28)11-13-26-12-5-7-20(26)15-17-6-3-4-8-21(17)24/h3-4,6,8-10,14,20,27H,2,5,7,11-13,15-16H2,1H3,(H,25,28). The minimum atomic E-state index is -0.128. The van der Waals surface area contributed by atoms with Crippen LogP contribution in [-0.4, -0.2) is 41.7 Å².